The summed E-state index contributed by atoms with van der Waals surface area (Å²) in [7, 11) is 0. The first-order chi connectivity index (χ1) is 8.06. The van der Waals surface area contributed by atoms with E-state index in [1.165, 1.54) is 0 Å². The van der Waals surface area contributed by atoms with Gasteiger partial charge >= 0.3 is 0 Å². The summed E-state index contributed by atoms with van der Waals surface area (Å²) in [5.74, 6) is -0.0623. The number of ketones is 1. The SMILES string of the molecule is Cc1cc(N)cc(C(=O)c2cccc(N)c2)c1. The molecule has 0 unspecified atom stereocenters. The fraction of sp³-hybridized carbons (Fsp3) is 0.0714. The summed E-state index contributed by atoms with van der Waals surface area (Å²) < 4.78 is 0. The van der Waals surface area contributed by atoms with Gasteiger partial charge in [-0.1, -0.05) is 12.1 Å². The molecule has 4 N–H and O–H groups in total. The van der Waals surface area contributed by atoms with Crippen molar-refractivity contribution < 1.29 is 4.79 Å². The first-order valence-electron chi connectivity index (χ1n) is 5.33. The first kappa shape index (κ1) is 11.2. The minimum atomic E-state index is -0.0623. The maximum atomic E-state index is 12.2. The van der Waals surface area contributed by atoms with Gasteiger partial charge in [-0.05, 0) is 42.8 Å². The Kier molecular flexibility index (Phi) is 2.83. The van der Waals surface area contributed by atoms with E-state index in [4.69, 9.17) is 11.5 Å². The molecular weight excluding hydrogens is 212 g/mol. The highest BCUT2D eigenvalue weighted by Crippen LogP contribution is 2.17. The van der Waals surface area contributed by atoms with Crippen LogP contribution in [0, 0.1) is 6.92 Å². The number of anilines is 2. The monoisotopic (exact) mass is 226 g/mol. The van der Waals surface area contributed by atoms with Gasteiger partial charge in [-0.15, -0.1) is 0 Å². The molecule has 0 saturated heterocycles. The van der Waals surface area contributed by atoms with Crippen molar-refractivity contribution in [2.45, 2.75) is 6.92 Å². The number of nitrogen functional groups attached to an aromatic ring is 2. The molecule has 0 spiro atoms. The van der Waals surface area contributed by atoms with Gasteiger partial charge in [0.1, 0.15) is 0 Å². The van der Waals surface area contributed by atoms with Crippen molar-refractivity contribution in [2.75, 3.05) is 11.5 Å². The molecule has 0 amide bonds. The van der Waals surface area contributed by atoms with Gasteiger partial charge in [0.15, 0.2) is 5.78 Å². The fourth-order valence-electron chi connectivity index (χ4n) is 1.79. The Balaban J connectivity index is 2.43. The summed E-state index contributed by atoms with van der Waals surface area (Å²) in [6, 6.07) is 12.3. The van der Waals surface area contributed by atoms with Gasteiger partial charge < -0.3 is 11.5 Å². The van der Waals surface area contributed by atoms with Crippen LogP contribution in [0.25, 0.3) is 0 Å². The lowest BCUT2D eigenvalue weighted by atomic mass is 10.0. The third-order valence-corrected chi connectivity index (χ3v) is 2.51. The molecule has 0 aromatic heterocycles. The number of carbonyl (C=O) groups excluding carboxylic acids is 1. The molecule has 0 aliphatic carbocycles. The number of rotatable bonds is 2. The highest BCUT2D eigenvalue weighted by molar-refractivity contribution is 6.09. The van der Waals surface area contributed by atoms with E-state index in [0.717, 1.165) is 5.56 Å². The molecule has 0 heterocycles. The number of benzene rings is 2. The molecule has 86 valence electrons. The van der Waals surface area contributed by atoms with E-state index < -0.39 is 0 Å². The van der Waals surface area contributed by atoms with Crippen LogP contribution in [0.5, 0.6) is 0 Å². The zero-order valence-electron chi connectivity index (χ0n) is 9.60. The number of hydrogen-bond donors (Lipinski definition) is 2. The van der Waals surface area contributed by atoms with Gasteiger partial charge in [-0.25, -0.2) is 0 Å². The van der Waals surface area contributed by atoms with Crippen molar-refractivity contribution in [2.24, 2.45) is 0 Å². The van der Waals surface area contributed by atoms with Crippen LogP contribution in [0.15, 0.2) is 42.5 Å². The molecule has 2 aromatic carbocycles. The van der Waals surface area contributed by atoms with E-state index in [1.54, 1.807) is 30.3 Å². The summed E-state index contributed by atoms with van der Waals surface area (Å²) in [6.07, 6.45) is 0. The van der Waals surface area contributed by atoms with E-state index in [2.05, 4.69) is 0 Å². The first-order valence-corrected chi connectivity index (χ1v) is 5.33. The Morgan fingerprint density at radius 3 is 2.29 bits per heavy atom. The second-order valence-electron chi connectivity index (χ2n) is 4.09. The topological polar surface area (TPSA) is 69.1 Å². The maximum Gasteiger partial charge on any atom is 0.193 e. The third kappa shape index (κ3) is 2.45. The number of carbonyl (C=O) groups is 1. The van der Waals surface area contributed by atoms with Crippen molar-refractivity contribution in [3.8, 4) is 0 Å². The Hall–Kier alpha value is -2.29. The van der Waals surface area contributed by atoms with Crippen LogP contribution in [0.4, 0.5) is 11.4 Å². The van der Waals surface area contributed by atoms with Gasteiger partial charge in [0.05, 0.1) is 0 Å². The van der Waals surface area contributed by atoms with Crippen LogP contribution >= 0.6 is 0 Å². The van der Waals surface area contributed by atoms with Gasteiger partial charge in [-0.2, -0.15) is 0 Å². The van der Waals surface area contributed by atoms with E-state index in [1.807, 2.05) is 19.1 Å². The quantitative estimate of drug-likeness (QED) is 0.610. The van der Waals surface area contributed by atoms with Gasteiger partial charge in [0, 0.05) is 22.5 Å². The van der Waals surface area contributed by atoms with Crippen LogP contribution < -0.4 is 11.5 Å². The average Bonchev–Trinajstić information content (AvgIpc) is 2.26. The van der Waals surface area contributed by atoms with Crippen molar-refractivity contribution in [1.29, 1.82) is 0 Å². The largest absolute Gasteiger partial charge is 0.399 e. The Labute approximate surface area is 100 Å². The van der Waals surface area contributed by atoms with Crippen molar-refractivity contribution in [3.05, 3.63) is 59.2 Å². The summed E-state index contributed by atoms with van der Waals surface area (Å²) in [6.45, 7) is 1.91. The number of aryl methyl sites for hydroxylation is 1. The summed E-state index contributed by atoms with van der Waals surface area (Å²) >= 11 is 0. The fourth-order valence-corrected chi connectivity index (χ4v) is 1.79. The molecule has 0 radical (unpaired) electrons. The Morgan fingerprint density at radius 1 is 0.941 bits per heavy atom. The van der Waals surface area contributed by atoms with Gasteiger partial charge in [0.2, 0.25) is 0 Å². The van der Waals surface area contributed by atoms with Crippen LogP contribution in [0.1, 0.15) is 21.5 Å². The van der Waals surface area contributed by atoms with E-state index in [9.17, 15) is 4.79 Å². The lowest BCUT2D eigenvalue weighted by molar-refractivity contribution is 0.103. The molecule has 2 aromatic rings. The normalized spacial score (nSPS) is 10.2. The van der Waals surface area contributed by atoms with Gasteiger partial charge in [0.25, 0.3) is 0 Å². The van der Waals surface area contributed by atoms with Gasteiger partial charge in [-0.3, -0.25) is 4.79 Å². The minimum absolute atomic E-state index is 0.0623. The molecule has 0 fully saturated rings. The molecule has 0 aliphatic rings. The molecule has 0 saturated carbocycles. The summed E-state index contributed by atoms with van der Waals surface area (Å²) in [5.41, 5.74) is 14.7. The van der Waals surface area contributed by atoms with Crippen molar-refractivity contribution >= 4 is 17.2 Å². The molecule has 17 heavy (non-hydrogen) atoms. The number of hydrogen-bond acceptors (Lipinski definition) is 3. The second kappa shape index (κ2) is 4.29. The average molecular weight is 226 g/mol. The van der Waals surface area contributed by atoms with Crippen molar-refractivity contribution in [1.82, 2.24) is 0 Å². The predicted octanol–water partition coefficient (Wildman–Crippen LogP) is 2.39. The molecule has 0 bridgehead atoms. The zero-order valence-corrected chi connectivity index (χ0v) is 9.60. The van der Waals surface area contributed by atoms with E-state index >= 15 is 0 Å². The molecule has 3 heteroatoms. The van der Waals surface area contributed by atoms with Crippen LogP contribution in [0.2, 0.25) is 0 Å². The standard InChI is InChI=1S/C14H14N2O/c1-9-5-11(8-13(16)6-9)14(17)10-3-2-4-12(15)7-10/h2-8H,15-16H2,1H3. The zero-order chi connectivity index (χ0) is 12.4. The van der Waals surface area contributed by atoms with Crippen molar-refractivity contribution in [3.63, 3.8) is 0 Å². The summed E-state index contributed by atoms with van der Waals surface area (Å²) in [5, 5.41) is 0. The van der Waals surface area contributed by atoms with Crippen LogP contribution in [-0.4, -0.2) is 5.78 Å². The molecule has 0 atom stereocenters. The highest BCUT2D eigenvalue weighted by atomic mass is 16.1. The maximum absolute atomic E-state index is 12.2. The lowest BCUT2D eigenvalue weighted by Gasteiger charge is -2.05. The smallest absolute Gasteiger partial charge is 0.193 e. The van der Waals surface area contributed by atoms with E-state index in [-0.39, 0.29) is 5.78 Å². The Morgan fingerprint density at radius 2 is 1.65 bits per heavy atom. The predicted molar refractivity (Wildman–Crippen MR) is 69.9 cm³/mol. The third-order valence-electron chi connectivity index (χ3n) is 2.51. The summed E-state index contributed by atoms with van der Waals surface area (Å²) in [4.78, 5) is 12.2. The lowest BCUT2D eigenvalue weighted by Crippen LogP contribution is -2.03. The molecule has 3 nitrogen and oxygen atoms in total. The minimum Gasteiger partial charge on any atom is -0.399 e. The number of nitrogens with two attached hydrogens (primary N) is 2. The van der Waals surface area contributed by atoms with Crippen LogP contribution in [0.3, 0.4) is 0 Å². The highest BCUT2D eigenvalue weighted by Gasteiger charge is 2.10. The van der Waals surface area contributed by atoms with E-state index in [0.29, 0.717) is 22.5 Å². The molecular formula is C14H14N2O. The van der Waals surface area contributed by atoms with Crippen LogP contribution in [-0.2, 0) is 0 Å². The molecule has 2 rings (SSSR count). The molecule has 0 aliphatic heterocycles. The second-order valence-corrected chi connectivity index (χ2v) is 4.09. The Bertz CT molecular complexity index is 556.